The third-order valence-electron chi connectivity index (χ3n) is 5.88. The second kappa shape index (κ2) is 10.7. The number of hydrogen-bond donors (Lipinski definition) is 2. The average Bonchev–Trinajstić information content (AvgIpc) is 3.37. The molecule has 1 fully saturated rings. The van der Waals surface area contributed by atoms with Gasteiger partial charge in [0.05, 0.1) is 28.6 Å². The van der Waals surface area contributed by atoms with Gasteiger partial charge in [-0.1, -0.05) is 54.2 Å². The van der Waals surface area contributed by atoms with Gasteiger partial charge in [-0.15, -0.1) is 0 Å². The maximum atomic E-state index is 13.8. The van der Waals surface area contributed by atoms with Crippen molar-refractivity contribution in [3.8, 4) is 0 Å². The molecule has 3 aromatic carbocycles. The summed E-state index contributed by atoms with van der Waals surface area (Å²) in [7, 11) is 2.00. The molecule has 0 spiro atoms. The summed E-state index contributed by atoms with van der Waals surface area (Å²) in [6.45, 7) is 4.60. The van der Waals surface area contributed by atoms with E-state index in [2.05, 4.69) is 27.7 Å². The molecule has 2 aliphatic heterocycles. The normalized spacial score (nSPS) is 17.9. The maximum absolute atomic E-state index is 13.8. The molecule has 0 aromatic heterocycles. The fourth-order valence-electron chi connectivity index (χ4n) is 4.17. The molecule has 1 saturated heterocycles. The van der Waals surface area contributed by atoms with Gasteiger partial charge in [-0.25, -0.2) is 4.99 Å². The van der Waals surface area contributed by atoms with Crippen LogP contribution in [0.4, 0.5) is 22.7 Å². The number of aliphatic imine (C=N–C) groups is 1. The number of amides is 2. The first-order valence-corrected chi connectivity index (χ1v) is 13.6. The van der Waals surface area contributed by atoms with E-state index < -0.39 is 0 Å². The molecular formula is C28H27N5O2S2. The van der Waals surface area contributed by atoms with Gasteiger partial charge in [0.15, 0.2) is 5.17 Å². The second-order valence-electron chi connectivity index (χ2n) is 8.58. The lowest BCUT2D eigenvalue weighted by atomic mass is 10.2. The molecular weight excluding hydrogens is 502 g/mol. The predicted molar refractivity (Wildman–Crippen MR) is 154 cm³/mol. The minimum absolute atomic E-state index is 0.0605. The van der Waals surface area contributed by atoms with Crippen LogP contribution in [0, 0.1) is 0 Å². The Bertz CT molecular complexity index is 1420. The summed E-state index contributed by atoms with van der Waals surface area (Å²) in [5.41, 5.74) is 4.29. The Labute approximate surface area is 225 Å². The summed E-state index contributed by atoms with van der Waals surface area (Å²) in [6, 6.07) is 23.6. The van der Waals surface area contributed by atoms with E-state index in [4.69, 9.17) is 4.99 Å². The lowest BCUT2D eigenvalue weighted by Gasteiger charge is -2.17. The summed E-state index contributed by atoms with van der Waals surface area (Å²) in [6.07, 6.45) is 0. The van der Waals surface area contributed by atoms with Crippen LogP contribution in [-0.2, 0) is 16.1 Å². The van der Waals surface area contributed by atoms with Gasteiger partial charge in [-0.05, 0) is 54.6 Å². The Balaban J connectivity index is 1.56. The Morgan fingerprint density at radius 1 is 1.00 bits per heavy atom. The molecule has 0 bridgehead atoms. The predicted octanol–water partition coefficient (Wildman–Crippen LogP) is 6.25. The van der Waals surface area contributed by atoms with Crippen molar-refractivity contribution < 1.29 is 9.59 Å². The molecule has 2 heterocycles. The van der Waals surface area contributed by atoms with Crippen LogP contribution in [0.15, 0.2) is 92.6 Å². The van der Waals surface area contributed by atoms with Crippen molar-refractivity contribution in [1.29, 1.82) is 0 Å². The third kappa shape index (κ3) is 5.23. The van der Waals surface area contributed by atoms with Crippen molar-refractivity contribution >= 4 is 63.3 Å². The molecule has 37 heavy (non-hydrogen) atoms. The maximum Gasteiger partial charge on any atom is 0.269 e. The third-order valence-corrected chi connectivity index (χ3v) is 8.31. The van der Waals surface area contributed by atoms with E-state index in [1.54, 1.807) is 16.7 Å². The number of para-hydroxylation sites is 1. The minimum Gasteiger partial charge on any atom is -0.384 e. The molecule has 0 atom stereocenters. The highest BCUT2D eigenvalue weighted by atomic mass is 32.2. The van der Waals surface area contributed by atoms with Crippen molar-refractivity contribution in [2.75, 3.05) is 29.1 Å². The summed E-state index contributed by atoms with van der Waals surface area (Å²) in [5.74, 6) is -0.197. The molecule has 0 unspecified atom stereocenters. The molecule has 9 heteroatoms. The Morgan fingerprint density at radius 2 is 1.76 bits per heavy atom. The zero-order valence-corrected chi connectivity index (χ0v) is 22.5. The molecule has 0 aliphatic carbocycles. The van der Waals surface area contributed by atoms with E-state index in [1.807, 2.05) is 74.6 Å². The van der Waals surface area contributed by atoms with Crippen molar-refractivity contribution in [1.82, 2.24) is 4.90 Å². The minimum atomic E-state index is -0.136. The van der Waals surface area contributed by atoms with Crippen LogP contribution in [0.5, 0.6) is 0 Å². The number of amidine groups is 1. The Hall–Kier alpha value is -3.69. The number of nitrogens with one attached hydrogen (secondary N) is 2. The van der Waals surface area contributed by atoms with E-state index in [0.717, 1.165) is 26.9 Å². The Kier molecular flexibility index (Phi) is 7.25. The largest absolute Gasteiger partial charge is 0.384 e. The average molecular weight is 530 g/mol. The zero-order valence-electron chi connectivity index (χ0n) is 20.8. The number of hydrogen-bond acceptors (Lipinski definition) is 7. The monoisotopic (exact) mass is 529 g/mol. The highest BCUT2D eigenvalue weighted by Crippen LogP contribution is 2.50. The van der Waals surface area contributed by atoms with Gasteiger partial charge >= 0.3 is 0 Å². The van der Waals surface area contributed by atoms with Crippen molar-refractivity contribution in [2.24, 2.45) is 4.99 Å². The van der Waals surface area contributed by atoms with Crippen LogP contribution in [0.1, 0.15) is 19.4 Å². The molecule has 3 aromatic rings. The molecule has 7 nitrogen and oxygen atoms in total. The second-order valence-corrected chi connectivity index (χ2v) is 10.6. The summed E-state index contributed by atoms with van der Waals surface area (Å²) < 4.78 is 0. The molecule has 188 valence electrons. The van der Waals surface area contributed by atoms with Crippen LogP contribution in [0.2, 0.25) is 0 Å². The van der Waals surface area contributed by atoms with Gasteiger partial charge in [-0.2, -0.15) is 0 Å². The van der Waals surface area contributed by atoms with E-state index >= 15 is 0 Å². The molecule has 5 rings (SSSR count). The Morgan fingerprint density at radius 3 is 2.49 bits per heavy atom. The van der Waals surface area contributed by atoms with E-state index in [0.29, 0.717) is 34.5 Å². The van der Waals surface area contributed by atoms with Crippen LogP contribution < -0.4 is 15.5 Å². The number of rotatable bonds is 6. The van der Waals surface area contributed by atoms with Gasteiger partial charge in [0.25, 0.3) is 5.91 Å². The van der Waals surface area contributed by atoms with Gasteiger partial charge < -0.3 is 15.5 Å². The number of benzene rings is 3. The number of nitrogens with zero attached hydrogens (tertiary/aromatic N) is 3. The molecule has 0 saturated carbocycles. The van der Waals surface area contributed by atoms with Crippen LogP contribution >= 0.6 is 23.5 Å². The van der Waals surface area contributed by atoms with E-state index in [9.17, 15) is 9.59 Å². The summed E-state index contributed by atoms with van der Waals surface area (Å²) >= 11 is 3.01. The number of anilines is 3. The van der Waals surface area contributed by atoms with Gasteiger partial charge in [0.2, 0.25) is 5.91 Å². The fraction of sp³-hybridized carbons (Fsp3) is 0.179. The van der Waals surface area contributed by atoms with Gasteiger partial charge in [0, 0.05) is 31.1 Å². The van der Waals surface area contributed by atoms with E-state index in [-0.39, 0.29) is 11.8 Å². The quantitative estimate of drug-likeness (QED) is 0.368. The number of carbonyl (C=O) groups excluding carboxylic acids is 2. The van der Waals surface area contributed by atoms with Crippen molar-refractivity contribution in [3.63, 3.8) is 0 Å². The van der Waals surface area contributed by atoms with Crippen LogP contribution in [0.25, 0.3) is 0 Å². The standard InChI is InChI=1S/C28H27N5O2S2/c1-4-29-22-16-20(30-18(2)34)14-15-21(22)31-28-33(17-19-10-6-5-7-11-19)26(35)25(37-28)27-32(3)23-12-8-9-13-24(23)36-27/h5-16,29H,4,17H2,1-3H3,(H,30,34)/b27-25-,31-28?. The first-order chi connectivity index (χ1) is 17.9. The van der Waals surface area contributed by atoms with E-state index in [1.165, 1.54) is 18.7 Å². The smallest absolute Gasteiger partial charge is 0.269 e. The van der Waals surface area contributed by atoms with Gasteiger partial charge in [-0.3, -0.25) is 14.5 Å². The highest BCUT2D eigenvalue weighted by Gasteiger charge is 2.39. The summed E-state index contributed by atoms with van der Waals surface area (Å²) in [5, 5.41) is 7.67. The van der Waals surface area contributed by atoms with Crippen LogP contribution in [0.3, 0.4) is 0 Å². The lowest BCUT2D eigenvalue weighted by molar-refractivity contribution is -0.122. The van der Waals surface area contributed by atoms with Gasteiger partial charge in [0.1, 0.15) is 4.91 Å². The topological polar surface area (TPSA) is 77.0 Å². The SMILES string of the molecule is CCNc1cc(NC(C)=O)ccc1N=C1S/C(=C2\Sc3ccccc3N2C)C(=O)N1Cc1ccccc1. The molecule has 2 N–H and O–H groups in total. The van der Waals surface area contributed by atoms with Crippen LogP contribution in [-0.4, -0.2) is 35.5 Å². The first kappa shape index (κ1) is 25.0. The molecule has 2 amide bonds. The number of carbonyl (C=O) groups is 2. The number of thioether (sulfide) groups is 2. The zero-order chi connectivity index (χ0) is 25.9. The molecule has 2 aliphatic rings. The van der Waals surface area contributed by atoms with Crippen molar-refractivity contribution in [2.45, 2.75) is 25.3 Å². The van der Waals surface area contributed by atoms with Crippen molar-refractivity contribution in [3.05, 3.63) is 88.3 Å². The summed E-state index contributed by atoms with van der Waals surface area (Å²) in [4.78, 5) is 36.0. The first-order valence-electron chi connectivity index (χ1n) is 12.0. The molecule has 0 radical (unpaired) electrons. The lowest BCUT2D eigenvalue weighted by Crippen LogP contribution is -2.29. The fourth-order valence-corrected chi connectivity index (χ4v) is 6.51. The number of fused-ring (bicyclic) bond motifs is 1. The highest BCUT2D eigenvalue weighted by molar-refractivity contribution is 8.19.